The van der Waals surface area contributed by atoms with Crippen LogP contribution in [0.4, 0.5) is 4.79 Å². The van der Waals surface area contributed by atoms with Gasteiger partial charge in [-0.3, -0.25) is 14.5 Å². The van der Waals surface area contributed by atoms with Gasteiger partial charge in [-0.15, -0.1) is 0 Å². The predicted octanol–water partition coefficient (Wildman–Crippen LogP) is 4.86. The molecule has 0 bridgehead atoms. The fourth-order valence-electron chi connectivity index (χ4n) is 2.97. The van der Waals surface area contributed by atoms with E-state index < -0.39 is 17.1 Å². The Hall–Kier alpha value is -3.04. The Morgan fingerprint density at radius 3 is 2.80 bits per heavy atom. The lowest BCUT2D eigenvalue weighted by Crippen LogP contribution is -2.27. The van der Waals surface area contributed by atoms with Crippen molar-refractivity contribution in [1.82, 2.24) is 9.47 Å². The number of amides is 2. The van der Waals surface area contributed by atoms with E-state index in [1.54, 1.807) is 6.08 Å². The highest BCUT2D eigenvalue weighted by Crippen LogP contribution is 2.34. The molecule has 0 radical (unpaired) electrons. The van der Waals surface area contributed by atoms with Crippen LogP contribution in [0, 0.1) is 0 Å². The molecule has 1 aliphatic heterocycles. The first kappa shape index (κ1) is 20.2. The smallest absolute Gasteiger partial charge is 0.373 e. The number of aromatic nitrogens is 1. The first-order valence-electron chi connectivity index (χ1n) is 8.82. The number of thioether (sulfide) groups is 1. The van der Waals surface area contributed by atoms with E-state index >= 15 is 0 Å². The number of benzene rings is 1. The molecule has 152 valence electrons. The van der Waals surface area contributed by atoms with Crippen LogP contribution in [0.15, 0.2) is 68.5 Å². The molecule has 2 amide bonds. The Bertz CT molecular complexity index is 1180. The van der Waals surface area contributed by atoms with Crippen molar-refractivity contribution in [2.24, 2.45) is 0 Å². The molecule has 2 aromatic heterocycles. The van der Waals surface area contributed by atoms with Gasteiger partial charge in [0.1, 0.15) is 5.76 Å². The predicted molar refractivity (Wildman–Crippen MR) is 115 cm³/mol. The van der Waals surface area contributed by atoms with Crippen LogP contribution < -0.4 is 0 Å². The van der Waals surface area contributed by atoms with E-state index in [1.807, 2.05) is 47.2 Å². The summed E-state index contributed by atoms with van der Waals surface area (Å²) in [6.07, 6.45) is 3.57. The Labute approximate surface area is 184 Å². The molecule has 3 heterocycles. The van der Waals surface area contributed by atoms with Gasteiger partial charge in [-0.05, 0) is 60.3 Å². The van der Waals surface area contributed by atoms with Crippen molar-refractivity contribution < 1.29 is 23.5 Å². The molecule has 9 heteroatoms. The summed E-state index contributed by atoms with van der Waals surface area (Å²) in [4.78, 5) is 38.1. The van der Waals surface area contributed by atoms with Crippen molar-refractivity contribution in [3.63, 3.8) is 0 Å². The summed E-state index contributed by atoms with van der Waals surface area (Å²) in [6, 6.07) is 14.5. The molecule has 4 rings (SSSR count). The molecule has 0 N–H and O–H groups in total. The zero-order chi connectivity index (χ0) is 21.3. The highest BCUT2D eigenvalue weighted by atomic mass is 79.9. The lowest BCUT2D eigenvalue weighted by Gasteiger charge is -2.10. The average molecular weight is 487 g/mol. The van der Waals surface area contributed by atoms with Crippen LogP contribution in [0.3, 0.4) is 0 Å². The average Bonchev–Trinajstić information content (AvgIpc) is 3.45. The van der Waals surface area contributed by atoms with Crippen LogP contribution in [0.2, 0.25) is 0 Å². The number of rotatable bonds is 5. The summed E-state index contributed by atoms with van der Waals surface area (Å²) < 4.78 is 12.8. The SMILES string of the molecule is COC(=O)c1ccc(CN2C(=O)S/C(=C/c3cccn3-c3cccc(Br)c3)C2=O)o1. The molecule has 1 aromatic carbocycles. The van der Waals surface area contributed by atoms with Crippen molar-refractivity contribution in [1.29, 1.82) is 0 Å². The van der Waals surface area contributed by atoms with Crippen LogP contribution in [0.25, 0.3) is 11.8 Å². The molecule has 30 heavy (non-hydrogen) atoms. The summed E-state index contributed by atoms with van der Waals surface area (Å²) in [7, 11) is 1.25. The maximum atomic E-state index is 12.8. The number of ether oxygens (including phenoxy) is 1. The Morgan fingerprint density at radius 1 is 1.20 bits per heavy atom. The van der Waals surface area contributed by atoms with Crippen molar-refractivity contribution in [3.8, 4) is 5.69 Å². The zero-order valence-corrected chi connectivity index (χ0v) is 18.1. The number of carbonyl (C=O) groups excluding carboxylic acids is 3. The van der Waals surface area contributed by atoms with E-state index in [-0.39, 0.29) is 12.3 Å². The number of nitrogens with zero attached hydrogens (tertiary/aromatic N) is 2. The quantitative estimate of drug-likeness (QED) is 0.378. The fraction of sp³-hybridized carbons (Fsp3) is 0.0952. The largest absolute Gasteiger partial charge is 0.463 e. The van der Waals surface area contributed by atoms with Crippen molar-refractivity contribution in [3.05, 3.63) is 81.3 Å². The monoisotopic (exact) mass is 486 g/mol. The Balaban J connectivity index is 1.56. The topological polar surface area (TPSA) is 81.8 Å². The maximum Gasteiger partial charge on any atom is 0.373 e. The highest BCUT2D eigenvalue weighted by Gasteiger charge is 2.36. The van der Waals surface area contributed by atoms with Crippen molar-refractivity contribution in [2.75, 3.05) is 7.11 Å². The van der Waals surface area contributed by atoms with Gasteiger partial charge in [-0.1, -0.05) is 22.0 Å². The van der Waals surface area contributed by atoms with Crippen LogP contribution >= 0.6 is 27.7 Å². The van der Waals surface area contributed by atoms with Crippen LogP contribution in [-0.4, -0.2) is 33.7 Å². The minimum Gasteiger partial charge on any atom is -0.463 e. The third-order valence-corrected chi connectivity index (χ3v) is 5.78. The van der Waals surface area contributed by atoms with Gasteiger partial charge in [0, 0.05) is 22.1 Å². The highest BCUT2D eigenvalue weighted by molar-refractivity contribution is 9.10. The van der Waals surface area contributed by atoms with Gasteiger partial charge in [-0.25, -0.2) is 4.79 Å². The van der Waals surface area contributed by atoms with E-state index in [0.29, 0.717) is 10.7 Å². The van der Waals surface area contributed by atoms with Gasteiger partial charge in [-0.2, -0.15) is 0 Å². The van der Waals surface area contributed by atoms with E-state index in [0.717, 1.165) is 32.5 Å². The molecular formula is C21H15BrN2O5S. The number of methoxy groups -OCH3 is 1. The summed E-state index contributed by atoms with van der Waals surface area (Å²) in [5.74, 6) is -0.704. The standard InChI is InChI=1S/C21H15BrN2O5S/c1-28-20(26)17-8-7-16(29-17)12-24-19(25)18(30-21(24)27)11-15-6-3-9-23(15)14-5-2-4-13(22)10-14/h2-11H,12H2,1H3/b18-11+. The van der Waals surface area contributed by atoms with Crippen LogP contribution in [-0.2, 0) is 16.1 Å². The molecule has 0 spiro atoms. The van der Waals surface area contributed by atoms with Gasteiger partial charge in [0.15, 0.2) is 0 Å². The molecule has 0 saturated carbocycles. The molecule has 1 fully saturated rings. The summed E-state index contributed by atoms with van der Waals surface area (Å²) in [6.45, 7) is -0.0638. The summed E-state index contributed by atoms with van der Waals surface area (Å²) in [5, 5.41) is -0.400. The second-order valence-corrected chi connectivity index (χ2v) is 8.22. The maximum absolute atomic E-state index is 12.8. The number of carbonyl (C=O) groups is 3. The Kier molecular flexibility index (Phi) is 5.65. The minimum atomic E-state index is -0.622. The molecular weight excluding hydrogens is 472 g/mol. The molecule has 1 saturated heterocycles. The third kappa shape index (κ3) is 3.99. The number of hydrogen-bond acceptors (Lipinski definition) is 6. The molecule has 0 aliphatic carbocycles. The first-order chi connectivity index (χ1) is 14.5. The van der Waals surface area contributed by atoms with Crippen LogP contribution in [0.1, 0.15) is 22.0 Å². The summed E-state index contributed by atoms with van der Waals surface area (Å²) >= 11 is 4.32. The molecule has 0 unspecified atom stereocenters. The third-order valence-electron chi connectivity index (χ3n) is 4.38. The van der Waals surface area contributed by atoms with Crippen molar-refractivity contribution in [2.45, 2.75) is 6.54 Å². The summed E-state index contributed by atoms with van der Waals surface area (Å²) in [5.41, 5.74) is 1.69. The number of imide groups is 1. The number of hydrogen-bond donors (Lipinski definition) is 0. The van der Waals surface area contributed by atoms with Gasteiger partial charge in [0.05, 0.1) is 18.6 Å². The molecule has 7 nitrogen and oxygen atoms in total. The second-order valence-electron chi connectivity index (χ2n) is 6.31. The zero-order valence-electron chi connectivity index (χ0n) is 15.7. The molecule has 0 atom stereocenters. The lowest BCUT2D eigenvalue weighted by molar-refractivity contribution is -0.123. The fourth-order valence-corrected chi connectivity index (χ4v) is 4.18. The van der Waals surface area contributed by atoms with Gasteiger partial charge in [0.25, 0.3) is 11.1 Å². The van der Waals surface area contributed by atoms with E-state index in [2.05, 4.69) is 20.7 Å². The van der Waals surface area contributed by atoms with E-state index in [4.69, 9.17) is 4.42 Å². The van der Waals surface area contributed by atoms with Gasteiger partial charge in [0.2, 0.25) is 5.76 Å². The first-order valence-corrected chi connectivity index (χ1v) is 10.4. The second kappa shape index (κ2) is 8.37. The van der Waals surface area contributed by atoms with E-state index in [1.165, 1.54) is 19.2 Å². The van der Waals surface area contributed by atoms with Crippen molar-refractivity contribution >= 4 is 50.9 Å². The van der Waals surface area contributed by atoms with Gasteiger partial charge < -0.3 is 13.7 Å². The Morgan fingerprint density at radius 2 is 2.03 bits per heavy atom. The molecule has 1 aliphatic rings. The number of esters is 1. The van der Waals surface area contributed by atoms with Gasteiger partial charge >= 0.3 is 5.97 Å². The minimum absolute atomic E-state index is 0.0156. The molecule has 3 aromatic rings. The van der Waals surface area contributed by atoms with E-state index in [9.17, 15) is 14.4 Å². The van der Waals surface area contributed by atoms with Crippen LogP contribution in [0.5, 0.6) is 0 Å². The number of furan rings is 1. The lowest BCUT2D eigenvalue weighted by atomic mass is 10.3. The normalized spacial score (nSPS) is 15.3. The number of halogens is 1.